The van der Waals surface area contributed by atoms with Crippen molar-refractivity contribution in [2.45, 2.75) is 26.3 Å². The SMILES string of the molecule is CC(=O)C1CCCN(Cc2cncs2)C1. The first-order valence-electron chi connectivity index (χ1n) is 5.36. The van der Waals surface area contributed by atoms with Gasteiger partial charge in [0, 0.05) is 30.1 Å². The third-order valence-corrected chi connectivity index (χ3v) is 3.71. The van der Waals surface area contributed by atoms with Crippen molar-refractivity contribution in [2.75, 3.05) is 13.1 Å². The van der Waals surface area contributed by atoms with Gasteiger partial charge in [-0.25, -0.2) is 0 Å². The maximum absolute atomic E-state index is 11.3. The first-order valence-corrected chi connectivity index (χ1v) is 6.24. The number of aromatic nitrogens is 1. The molecule has 1 aliphatic heterocycles. The Hall–Kier alpha value is -0.740. The number of likely N-dealkylation sites (tertiary alicyclic amines) is 1. The van der Waals surface area contributed by atoms with Crippen LogP contribution in [-0.2, 0) is 11.3 Å². The summed E-state index contributed by atoms with van der Waals surface area (Å²) in [7, 11) is 0. The van der Waals surface area contributed by atoms with Crippen molar-refractivity contribution < 1.29 is 4.79 Å². The molecule has 0 N–H and O–H groups in total. The van der Waals surface area contributed by atoms with Gasteiger partial charge in [-0.15, -0.1) is 11.3 Å². The molecule has 82 valence electrons. The summed E-state index contributed by atoms with van der Waals surface area (Å²) in [5, 5.41) is 0. The monoisotopic (exact) mass is 224 g/mol. The predicted octanol–water partition coefficient (Wildman–Crippen LogP) is 1.94. The van der Waals surface area contributed by atoms with Crippen LogP contribution >= 0.6 is 11.3 Å². The maximum Gasteiger partial charge on any atom is 0.134 e. The predicted molar refractivity (Wildman–Crippen MR) is 60.8 cm³/mol. The number of Topliss-reactive ketones (excluding diaryl/α,β-unsaturated/α-hetero) is 1. The van der Waals surface area contributed by atoms with Gasteiger partial charge >= 0.3 is 0 Å². The topological polar surface area (TPSA) is 33.2 Å². The number of ketones is 1. The van der Waals surface area contributed by atoms with Crippen molar-refractivity contribution in [3.63, 3.8) is 0 Å². The fraction of sp³-hybridized carbons (Fsp3) is 0.636. The molecule has 4 heteroatoms. The first-order chi connectivity index (χ1) is 7.25. The van der Waals surface area contributed by atoms with E-state index < -0.39 is 0 Å². The van der Waals surface area contributed by atoms with E-state index >= 15 is 0 Å². The molecule has 2 rings (SSSR count). The van der Waals surface area contributed by atoms with Gasteiger partial charge in [-0.3, -0.25) is 14.7 Å². The maximum atomic E-state index is 11.3. The Balaban J connectivity index is 1.90. The van der Waals surface area contributed by atoms with Crippen molar-refractivity contribution in [3.8, 4) is 0 Å². The molecule has 0 spiro atoms. The summed E-state index contributed by atoms with van der Waals surface area (Å²) in [6.45, 7) is 4.70. The zero-order valence-corrected chi connectivity index (χ0v) is 9.80. The van der Waals surface area contributed by atoms with Crippen LogP contribution in [0.4, 0.5) is 0 Å². The van der Waals surface area contributed by atoms with Crippen molar-refractivity contribution in [2.24, 2.45) is 5.92 Å². The van der Waals surface area contributed by atoms with Gasteiger partial charge in [0.25, 0.3) is 0 Å². The molecule has 15 heavy (non-hydrogen) atoms. The van der Waals surface area contributed by atoms with Crippen LogP contribution in [0.3, 0.4) is 0 Å². The summed E-state index contributed by atoms with van der Waals surface area (Å²) >= 11 is 1.69. The quantitative estimate of drug-likeness (QED) is 0.786. The minimum atomic E-state index is 0.256. The molecule has 0 saturated carbocycles. The molecule has 3 nitrogen and oxygen atoms in total. The van der Waals surface area contributed by atoms with Crippen LogP contribution in [-0.4, -0.2) is 28.8 Å². The minimum Gasteiger partial charge on any atom is -0.300 e. The highest BCUT2D eigenvalue weighted by atomic mass is 32.1. The molecule has 0 aliphatic carbocycles. The molecule has 1 fully saturated rings. The highest BCUT2D eigenvalue weighted by molar-refractivity contribution is 7.09. The number of carbonyl (C=O) groups excluding carboxylic acids is 1. The lowest BCUT2D eigenvalue weighted by Gasteiger charge is -2.30. The zero-order valence-electron chi connectivity index (χ0n) is 8.98. The Morgan fingerprint density at radius 1 is 1.73 bits per heavy atom. The Kier molecular flexibility index (Phi) is 3.49. The number of thiazole rings is 1. The van der Waals surface area contributed by atoms with Crippen LogP contribution < -0.4 is 0 Å². The van der Waals surface area contributed by atoms with E-state index in [1.165, 1.54) is 4.88 Å². The van der Waals surface area contributed by atoms with E-state index in [1.807, 2.05) is 11.7 Å². The third kappa shape index (κ3) is 2.86. The Morgan fingerprint density at radius 3 is 3.27 bits per heavy atom. The molecule has 0 aromatic carbocycles. The van der Waals surface area contributed by atoms with Crippen LogP contribution in [0.1, 0.15) is 24.6 Å². The summed E-state index contributed by atoms with van der Waals surface area (Å²) in [5.41, 5.74) is 1.86. The van der Waals surface area contributed by atoms with Gasteiger partial charge in [-0.05, 0) is 26.3 Å². The fourth-order valence-electron chi connectivity index (χ4n) is 2.07. The molecule has 1 unspecified atom stereocenters. The number of piperidine rings is 1. The van der Waals surface area contributed by atoms with Gasteiger partial charge in [0.2, 0.25) is 0 Å². The van der Waals surface area contributed by atoms with Crippen molar-refractivity contribution in [1.29, 1.82) is 0 Å². The van der Waals surface area contributed by atoms with E-state index in [0.29, 0.717) is 5.78 Å². The average Bonchev–Trinajstić information content (AvgIpc) is 2.71. The highest BCUT2D eigenvalue weighted by Gasteiger charge is 2.23. The lowest BCUT2D eigenvalue weighted by molar-refractivity contribution is -0.122. The van der Waals surface area contributed by atoms with Crippen LogP contribution in [0.15, 0.2) is 11.7 Å². The van der Waals surface area contributed by atoms with E-state index in [0.717, 1.165) is 32.5 Å². The highest BCUT2D eigenvalue weighted by Crippen LogP contribution is 2.20. The first kappa shape index (κ1) is 10.8. The number of hydrogen-bond donors (Lipinski definition) is 0. The zero-order chi connectivity index (χ0) is 10.7. The number of nitrogens with zero attached hydrogens (tertiary/aromatic N) is 2. The molecule has 1 aromatic rings. The van der Waals surface area contributed by atoms with Gasteiger partial charge in [0.05, 0.1) is 5.51 Å². The van der Waals surface area contributed by atoms with E-state index in [-0.39, 0.29) is 5.92 Å². The number of rotatable bonds is 3. The fourth-order valence-corrected chi connectivity index (χ4v) is 2.71. The van der Waals surface area contributed by atoms with Crippen molar-refractivity contribution in [3.05, 3.63) is 16.6 Å². The van der Waals surface area contributed by atoms with Crippen molar-refractivity contribution >= 4 is 17.1 Å². The van der Waals surface area contributed by atoms with Crippen LogP contribution in [0.2, 0.25) is 0 Å². The summed E-state index contributed by atoms with van der Waals surface area (Å²) in [6, 6.07) is 0. The molecule has 1 atom stereocenters. The van der Waals surface area contributed by atoms with E-state index in [2.05, 4.69) is 9.88 Å². The lowest BCUT2D eigenvalue weighted by atomic mass is 9.95. The minimum absolute atomic E-state index is 0.256. The van der Waals surface area contributed by atoms with Crippen LogP contribution in [0.25, 0.3) is 0 Å². The lowest BCUT2D eigenvalue weighted by Crippen LogP contribution is -2.37. The third-order valence-electron chi connectivity index (χ3n) is 2.94. The van der Waals surface area contributed by atoms with Gasteiger partial charge in [-0.2, -0.15) is 0 Å². The smallest absolute Gasteiger partial charge is 0.134 e. The van der Waals surface area contributed by atoms with E-state index in [9.17, 15) is 4.79 Å². The van der Waals surface area contributed by atoms with E-state index in [1.54, 1.807) is 18.3 Å². The summed E-state index contributed by atoms with van der Waals surface area (Å²) in [5.74, 6) is 0.593. The number of carbonyl (C=O) groups is 1. The second kappa shape index (κ2) is 4.86. The molecule has 2 heterocycles. The van der Waals surface area contributed by atoms with Gasteiger partial charge < -0.3 is 0 Å². The molecule has 1 aromatic heterocycles. The average molecular weight is 224 g/mol. The molecule has 1 saturated heterocycles. The molecule has 0 amide bonds. The molecule has 0 radical (unpaired) electrons. The van der Waals surface area contributed by atoms with Crippen LogP contribution in [0, 0.1) is 5.92 Å². The van der Waals surface area contributed by atoms with Gasteiger partial charge in [0.15, 0.2) is 0 Å². The van der Waals surface area contributed by atoms with Gasteiger partial charge in [-0.1, -0.05) is 0 Å². The van der Waals surface area contributed by atoms with E-state index in [4.69, 9.17) is 0 Å². The summed E-state index contributed by atoms with van der Waals surface area (Å²) in [6.07, 6.45) is 4.12. The Morgan fingerprint density at radius 2 is 2.60 bits per heavy atom. The summed E-state index contributed by atoms with van der Waals surface area (Å²) in [4.78, 5) is 19.0. The second-order valence-corrected chi connectivity index (χ2v) is 5.12. The number of hydrogen-bond acceptors (Lipinski definition) is 4. The van der Waals surface area contributed by atoms with Crippen molar-refractivity contribution in [1.82, 2.24) is 9.88 Å². The Labute approximate surface area is 94.1 Å². The Bertz CT molecular complexity index is 323. The summed E-state index contributed by atoms with van der Waals surface area (Å²) < 4.78 is 0. The molecular formula is C11H16N2OS. The normalized spacial score (nSPS) is 22.9. The van der Waals surface area contributed by atoms with Gasteiger partial charge in [0.1, 0.15) is 5.78 Å². The molecule has 0 bridgehead atoms. The standard InChI is InChI=1S/C11H16N2OS/c1-9(14)10-3-2-4-13(6-10)7-11-5-12-8-15-11/h5,8,10H,2-4,6-7H2,1H3. The second-order valence-electron chi connectivity index (χ2n) is 4.15. The largest absolute Gasteiger partial charge is 0.300 e. The molecular weight excluding hydrogens is 208 g/mol. The molecule has 1 aliphatic rings. The van der Waals surface area contributed by atoms with Crippen LogP contribution in [0.5, 0.6) is 0 Å².